The van der Waals surface area contributed by atoms with Crippen molar-refractivity contribution < 1.29 is 24.5 Å². The number of β-amino-alcohol motifs (C(OH)–C–C–N with tert-alkyl or cyclic N) is 1. The van der Waals surface area contributed by atoms with Crippen LogP contribution in [-0.2, 0) is 14.3 Å². The molecule has 0 aromatic rings. The molecular formula is C10H17NO5. The molecule has 0 spiro atoms. The van der Waals surface area contributed by atoms with Crippen LogP contribution in [0.3, 0.4) is 0 Å². The van der Waals surface area contributed by atoms with Crippen LogP contribution in [0.1, 0.15) is 19.8 Å². The van der Waals surface area contributed by atoms with Crippen molar-refractivity contribution in [3.63, 3.8) is 0 Å². The monoisotopic (exact) mass is 231 g/mol. The maximum absolute atomic E-state index is 11.4. The molecule has 0 saturated carbocycles. The van der Waals surface area contributed by atoms with E-state index < -0.39 is 30.1 Å². The topological polar surface area (TPSA) is 87.1 Å². The minimum atomic E-state index is -0.981. The van der Waals surface area contributed by atoms with Gasteiger partial charge >= 0.3 is 11.9 Å². The first-order valence-corrected chi connectivity index (χ1v) is 5.25. The molecule has 0 radical (unpaired) electrons. The van der Waals surface area contributed by atoms with E-state index in [1.54, 1.807) is 6.92 Å². The fraction of sp³-hybridized carbons (Fsp3) is 0.800. The highest BCUT2D eigenvalue weighted by Gasteiger charge is 2.42. The van der Waals surface area contributed by atoms with Crippen LogP contribution >= 0.6 is 0 Å². The van der Waals surface area contributed by atoms with Crippen LogP contribution < -0.4 is 0 Å². The zero-order chi connectivity index (χ0) is 12.3. The minimum Gasteiger partial charge on any atom is -0.480 e. The van der Waals surface area contributed by atoms with Gasteiger partial charge in [0.25, 0.3) is 0 Å². The standard InChI is InChI=1S/C10H17NO5/c1-3-7(9(13)14)11-5-6(12)4-8(11)10(15)16-2/h6-8,12H,3-5H2,1-2H3,(H,13,14). The second kappa shape index (κ2) is 5.27. The van der Waals surface area contributed by atoms with Gasteiger partial charge in [0, 0.05) is 13.0 Å². The number of nitrogens with zero attached hydrogens (tertiary/aromatic N) is 1. The Balaban J connectivity index is 2.83. The summed E-state index contributed by atoms with van der Waals surface area (Å²) in [6.45, 7) is 1.93. The Labute approximate surface area is 93.8 Å². The number of aliphatic hydroxyl groups excluding tert-OH is 1. The highest BCUT2D eigenvalue weighted by Crippen LogP contribution is 2.23. The van der Waals surface area contributed by atoms with E-state index in [9.17, 15) is 14.7 Å². The normalized spacial score (nSPS) is 27.7. The average Bonchev–Trinajstić information content (AvgIpc) is 2.60. The SMILES string of the molecule is CCC(C(=O)O)N1CC(O)CC1C(=O)OC. The number of methoxy groups -OCH3 is 1. The van der Waals surface area contributed by atoms with Gasteiger partial charge in [0.2, 0.25) is 0 Å². The Morgan fingerprint density at radius 3 is 2.62 bits per heavy atom. The van der Waals surface area contributed by atoms with E-state index in [2.05, 4.69) is 4.74 Å². The molecule has 1 heterocycles. The number of ether oxygens (including phenoxy) is 1. The number of hydrogen-bond donors (Lipinski definition) is 2. The maximum atomic E-state index is 11.4. The van der Waals surface area contributed by atoms with Gasteiger partial charge in [0.05, 0.1) is 13.2 Å². The van der Waals surface area contributed by atoms with Crippen molar-refractivity contribution in [3.8, 4) is 0 Å². The van der Waals surface area contributed by atoms with Crippen molar-refractivity contribution in [2.45, 2.75) is 38.0 Å². The molecular weight excluding hydrogens is 214 g/mol. The van der Waals surface area contributed by atoms with Gasteiger partial charge in [0.15, 0.2) is 0 Å². The molecule has 0 bridgehead atoms. The maximum Gasteiger partial charge on any atom is 0.323 e. The summed E-state index contributed by atoms with van der Waals surface area (Å²) >= 11 is 0. The van der Waals surface area contributed by atoms with Crippen LogP contribution in [0, 0.1) is 0 Å². The first-order chi connectivity index (χ1) is 7.51. The van der Waals surface area contributed by atoms with Crippen LogP contribution in [-0.4, -0.2) is 58.9 Å². The van der Waals surface area contributed by atoms with Gasteiger partial charge in [-0.1, -0.05) is 6.92 Å². The molecule has 1 saturated heterocycles. The predicted octanol–water partition coefficient (Wildman–Crippen LogP) is -0.542. The zero-order valence-electron chi connectivity index (χ0n) is 9.42. The Morgan fingerprint density at radius 1 is 1.56 bits per heavy atom. The van der Waals surface area contributed by atoms with Crippen molar-refractivity contribution >= 4 is 11.9 Å². The number of aliphatic hydroxyl groups is 1. The highest BCUT2D eigenvalue weighted by atomic mass is 16.5. The van der Waals surface area contributed by atoms with Crippen LogP contribution in [0.15, 0.2) is 0 Å². The fourth-order valence-electron chi connectivity index (χ4n) is 2.10. The van der Waals surface area contributed by atoms with E-state index in [-0.39, 0.29) is 13.0 Å². The van der Waals surface area contributed by atoms with Gasteiger partial charge in [-0.25, -0.2) is 0 Å². The predicted molar refractivity (Wildman–Crippen MR) is 54.8 cm³/mol. The molecule has 0 aromatic carbocycles. The molecule has 1 aliphatic rings. The molecule has 0 amide bonds. The first-order valence-electron chi connectivity index (χ1n) is 5.25. The Kier molecular flexibility index (Phi) is 4.26. The van der Waals surface area contributed by atoms with Crippen molar-refractivity contribution in [2.24, 2.45) is 0 Å². The second-order valence-corrected chi connectivity index (χ2v) is 3.89. The summed E-state index contributed by atoms with van der Waals surface area (Å²) in [5.41, 5.74) is 0. The molecule has 0 aliphatic carbocycles. The van der Waals surface area contributed by atoms with Gasteiger partial charge in [0.1, 0.15) is 12.1 Å². The Hall–Kier alpha value is -1.14. The number of carbonyl (C=O) groups is 2. The summed E-state index contributed by atoms with van der Waals surface area (Å²) in [6.07, 6.45) is -0.0519. The van der Waals surface area contributed by atoms with Crippen LogP contribution in [0.25, 0.3) is 0 Å². The van der Waals surface area contributed by atoms with Crippen molar-refractivity contribution in [2.75, 3.05) is 13.7 Å². The molecule has 16 heavy (non-hydrogen) atoms. The van der Waals surface area contributed by atoms with Gasteiger partial charge < -0.3 is 14.9 Å². The fourth-order valence-corrected chi connectivity index (χ4v) is 2.10. The highest BCUT2D eigenvalue weighted by molar-refractivity contribution is 5.79. The largest absolute Gasteiger partial charge is 0.480 e. The lowest BCUT2D eigenvalue weighted by molar-refractivity contribution is -0.151. The van der Waals surface area contributed by atoms with Gasteiger partial charge in [-0.2, -0.15) is 0 Å². The molecule has 1 aliphatic heterocycles. The van der Waals surface area contributed by atoms with E-state index in [4.69, 9.17) is 5.11 Å². The average molecular weight is 231 g/mol. The number of carbonyl (C=O) groups excluding carboxylic acids is 1. The summed E-state index contributed by atoms with van der Waals surface area (Å²) in [4.78, 5) is 23.9. The Bertz CT molecular complexity index is 280. The molecule has 3 atom stereocenters. The molecule has 2 N–H and O–H groups in total. The van der Waals surface area contributed by atoms with Crippen LogP contribution in [0.5, 0.6) is 0 Å². The quantitative estimate of drug-likeness (QED) is 0.632. The van der Waals surface area contributed by atoms with Crippen LogP contribution in [0.2, 0.25) is 0 Å². The number of esters is 1. The summed E-state index contributed by atoms with van der Waals surface area (Å²) in [5.74, 6) is -1.47. The minimum absolute atomic E-state index is 0.199. The molecule has 1 rings (SSSR count). The number of hydrogen-bond acceptors (Lipinski definition) is 5. The third-order valence-corrected chi connectivity index (χ3v) is 2.86. The zero-order valence-corrected chi connectivity index (χ0v) is 9.42. The molecule has 6 heteroatoms. The number of aliphatic carboxylic acids is 1. The molecule has 3 unspecified atom stereocenters. The molecule has 92 valence electrons. The summed E-state index contributed by atoms with van der Waals surface area (Å²) < 4.78 is 4.60. The van der Waals surface area contributed by atoms with Crippen molar-refractivity contribution in [1.82, 2.24) is 4.90 Å². The third-order valence-electron chi connectivity index (χ3n) is 2.86. The molecule has 1 fully saturated rings. The Morgan fingerprint density at radius 2 is 2.19 bits per heavy atom. The molecule has 6 nitrogen and oxygen atoms in total. The lowest BCUT2D eigenvalue weighted by atomic mass is 10.1. The van der Waals surface area contributed by atoms with Gasteiger partial charge in [-0.05, 0) is 6.42 Å². The lowest BCUT2D eigenvalue weighted by Gasteiger charge is -2.27. The van der Waals surface area contributed by atoms with Gasteiger partial charge in [-0.3, -0.25) is 14.5 Å². The van der Waals surface area contributed by atoms with E-state index in [0.717, 1.165) is 0 Å². The summed E-state index contributed by atoms with van der Waals surface area (Å²) in [5, 5.41) is 18.5. The van der Waals surface area contributed by atoms with Crippen molar-refractivity contribution in [1.29, 1.82) is 0 Å². The van der Waals surface area contributed by atoms with E-state index in [0.29, 0.717) is 6.42 Å². The van der Waals surface area contributed by atoms with E-state index >= 15 is 0 Å². The van der Waals surface area contributed by atoms with E-state index in [1.165, 1.54) is 12.0 Å². The number of carboxylic acid groups (broad SMARTS) is 1. The van der Waals surface area contributed by atoms with E-state index in [1.807, 2.05) is 0 Å². The van der Waals surface area contributed by atoms with Crippen molar-refractivity contribution in [3.05, 3.63) is 0 Å². The second-order valence-electron chi connectivity index (χ2n) is 3.89. The molecule has 0 aromatic heterocycles. The van der Waals surface area contributed by atoms with Crippen LogP contribution in [0.4, 0.5) is 0 Å². The summed E-state index contributed by atoms with van der Waals surface area (Å²) in [7, 11) is 1.26. The lowest BCUT2D eigenvalue weighted by Crippen LogP contribution is -2.47. The first kappa shape index (κ1) is 12.9. The number of likely N-dealkylation sites (tertiary alicyclic amines) is 1. The van der Waals surface area contributed by atoms with Gasteiger partial charge in [-0.15, -0.1) is 0 Å². The number of rotatable bonds is 4. The number of carboxylic acids is 1. The third kappa shape index (κ3) is 2.51. The summed E-state index contributed by atoms with van der Waals surface area (Å²) in [6, 6.07) is -1.40. The smallest absolute Gasteiger partial charge is 0.323 e.